The third-order valence-corrected chi connectivity index (χ3v) is 3.93. The van der Waals surface area contributed by atoms with Crippen molar-refractivity contribution in [3.05, 3.63) is 29.3 Å². The van der Waals surface area contributed by atoms with Crippen molar-refractivity contribution in [3.8, 4) is 0 Å². The quantitative estimate of drug-likeness (QED) is 0.304. The Bertz CT molecular complexity index is 697. The van der Waals surface area contributed by atoms with E-state index in [1.165, 1.54) is 16.8 Å². The first-order valence-electron chi connectivity index (χ1n) is 9.55. The lowest BCUT2D eigenvalue weighted by molar-refractivity contribution is 0.0474. The summed E-state index contributed by atoms with van der Waals surface area (Å²) < 4.78 is 5.33. The van der Waals surface area contributed by atoms with Crippen LogP contribution in [-0.4, -0.2) is 50.9 Å². The molecule has 0 unspecified atom stereocenters. The van der Waals surface area contributed by atoms with Gasteiger partial charge in [0.1, 0.15) is 5.60 Å². The fourth-order valence-electron chi connectivity index (χ4n) is 2.57. The van der Waals surface area contributed by atoms with Crippen LogP contribution < -0.4 is 20.9 Å². The number of ether oxygens (including phenoxy) is 1. The van der Waals surface area contributed by atoms with Crippen LogP contribution in [0.4, 0.5) is 10.5 Å². The van der Waals surface area contributed by atoms with E-state index in [4.69, 9.17) is 4.74 Å². The number of amides is 1. The summed E-state index contributed by atoms with van der Waals surface area (Å²) in [6.07, 6.45) is -0.433. The molecule has 1 aromatic rings. The Morgan fingerprint density at radius 3 is 2.28 bits per heavy atom. The van der Waals surface area contributed by atoms with Crippen LogP contribution in [0, 0.1) is 6.92 Å². The van der Waals surface area contributed by atoms with Crippen LogP contribution >= 0.6 is 24.0 Å². The van der Waals surface area contributed by atoms with Crippen molar-refractivity contribution in [1.82, 2.24) is 16.0 Å². The number of rotatable bonds is 6. The molecule has 29 heavy (non-hydrogen) atoms. The molecule has 1 amide bonds. The number of benzene rings is 1. The maximum absolute atomic E-state index is 12.0. The van der Waals surface area contributed by atoms with Gasteiger partial charge in [0, 0.05) is 39.9 Å². The lowest BCUT2D eigenvalue weighted by Gasteiger charge is -2.29. The molecule has 0 saturated heterocycles. The van der Waals surface area contributed by atoms with Crippen molar-refractivity contribution in [2.24, 2.45) is 4.99 Å². The maximum Gasteiger partial charge on any atom is 0.408 e. The Kier molecular flexibility index (Phi) is 10.8. The van der Waals surface area contributed by atoms with E-state index in [1.54, 1.807) is 7.05 Å². The number of aliphatic imine (C=N–C) groups is 1. The minimum atomic E-state index is -0.524. The molecule has 0 aromatic heterocycles. The van der Waals surface area contributed by atoms with Gasteiger partial charge in [0.25, 0.3) is 0 Å². The topological polar surface area (TPSA) is 78.0 Å². The van der Waals surface area contributed by atoms with E-state index in [9.17, 15) is 4.79 Å². The van der Waals surface area contributed by atoms with E-state index in [2.05, 4.69) is 51.0 Å². The lowest BCUT2D eigenvalue weighted by Crippen LogP contribution is -2.54. The second-order valence-electron chi connectivity index (χ2n) is 8.82. The van der Waals surface area contributed by atoms with Crippen LogP contribution in [0.25, 0.3) is 0 Å². The average molecular weight is 519 g/mol. The molecule has 0 spiro atoms. The molecule has 0 heterocycles. The molecule has 166 valence electrons. The molecule has 0 radical (unpaired) electrons. The number of nitrogens with zero attached hydrogens (tertiary/aromatic N) is 2. The van der Waals surface area contributed by atoms with E-state index in [0.29, 0.717) is 19.0 Å². The van der Waals surface area contributed by atoms with Gasteiger partial charge >= 0.3 is 6.09 Å². The Morgan fingerprint density at radius 1 is 1.14 bits per heavy atom. The summed E-state index contributed by atoms with van der Waals surface area (Å²) in [7, 11) is 5.80. The third-order valence-electron chi connectivity index (χ3n) is 3.93. The predicted octanol–water partition coefficient (Wildman–Crippen LogP) is 3.65. The van der Waals surface area contributed by atoms with Crippen LogP contribution in [0.2, 0.25) is 0 Å². The van der Waals surface area contributed by atoms with Gasteiger partial charge in [0.2, 0.25) is 0 Å². The molecule has 0 atom stereocenters. The van der Waals surface area contributed by atoms with E-state index in [-0.39, 0.29) is 24.0 Å². The summed E-state index contributed by atoms with van der Waals surface area (Å²) in [5, 5.41) is 9.48. The largest absolute Gasteiger partial charge is 0.444 e. The van der Waals surface area contributed by atoms with E-state index >= 15 is 0 Å². The van der Waals surface area contributed by atoms with Crippen molar-refractivity contribution in [2.75, 3.05) is 32.6 Å². The molecular formula is C21H38IN5O2. The predicted molar refractivity (Wildman–Crippen MR) is 133 cm³/mol. The number of hydrogen-bond acceptors (Lipinski definition) is 4. The molecular weight excluding hydrogens is 481 g/mol. The van der Waals surface area contributed by atoms with Gasteiger partial charge in [0.15, 0.2) is 5.96 Å². The summed E-state index contributed by atoms with van der Waals surface area (Å²) in [6, 6.07) is 6.40. The van der Waals surface area contributed by atoms with Crippen molar-refractivity contribution < 1.29 is 9.53 Å². The van der Waals surface area contributed by atoms with Crippen LogP contribution in [0.3, 0.4) is 0 Å². The number of hydrogen-bond donors (Lipinski definition) is 3. The number of alkyl carbamates (subject to hydrolysis) is 1. The first-order valence-corrected chi connectivity index (χ1v) is 9.55. The minimum absolute atomic E-state index is 0. The fourth-order valence-corrected chi connectivity index (χ4v) is 2.57. The van der Waals surface area contributed by atoms with Crippen LogP contribution in [0.15, 0.2) is 23.2 Å². The Balaban J connectivity index is 0.00000784. The summed E-state index contributed by atoms with van der Waals surface area (Å²) in [4.78, 5) is 18.4. The molecule has 0 aliphatic carbocycles. The number of halogens is 1. The number of guanidine groups is 1. The standard InChI is InChI=1S/C21H37N5O2.HI/c1-15-10-11-16(17(12-15)26(8)9)13-23-18(22-7)24-14-21(5,6)25-19(27)28-20(2,3)4;/h10-12H,13-14H2,1-9H3,(H,25,27)(H2,22,23,24);1H. The highest BCUT2D eigenvalue weighted by atomic mass is 127. The van der Waals surface area contributed by atoms with Crippen LogP contribution in [0.1, 0.15) is 45.7 Å². The molecule has 8 heteroatoms. The molecule has 0 saturated carbocycles. The zero-order valence-corrected chi connectivity index (χ0v) is 21.6. The van der Waals surface area contributed by atoms with E-state index in [0.717, 1.165) is 0 Å². The van der Waals surface area contributed by atoms with Gasteiger partial charge in [-0.2, -0.15) is 0 Å². The Hall–Kier alpha value is -1.71. The highest BCUT2D eigenvalue weighted by molar-refractivity contribution is 14.0. The third kappa shape index (κ3) is 10.6. The lowest BCUT2D eigenvalue weighted by atomic mass is 10.1. The second kappa shape index (κ2) is 11.5. The molecule has 0 fully saturated rings. The maximum atomic E-state index is 12.0. The minimum Gasteiger partial charge on any atom is -0.444 e. The van der Waals surface area contributed by atoms with Gasteiger partial charge in [-0.05, 0) is 58.7 Å². The van der Waals surface area contributed by atoms with Crippen LogP contribution in [0.5, 0.6) is 0 Å². The van der Waals surface area contributed by atoms with Crippen molar-refractivity contribution in [2.45, 2.75) is 59.2 Å². The van der Waals surface area contributed by atoms with Gasteiger partial charge < -0.3 is 25.6 Å². The van der Waals surface area contributed by atoms with Gasteiger partial charge in [0.05, 0.1) is 5.54 Å². The van der Waals surface area contributed by atoms with Gasteiger partial charge in [-0.3, -0.25) is 4.99 Å². The number of carbonyl (C=O) groups excluding carboxylic acids is 1. The zero-order chi connectivity index (χ0) is 21.5. The SMILES string of the molecule is CN=C(NCc1ccc(C)cc1N(C)C)NCC(C)(C)NC(=O)OC(C)(C)C.I. The van der Waals surface area contributed by atoms with Gasteiger partial charge in [-0.1, -0.05) is 12.1 Å². The molecule has 1 aromatic carbocycles. The first kappa shape index (κ1) is 27.3. The summed E-state index contributed by atoms with van der Waals surface area (Å²) >= 11 is 0. The number of aryl methyl sites for hydroxylation is 1. The van der Waals surface area contributed by atoms with E-state index in [1.807, 2.05) is 48.7 Å². The zero-order valence-electron chi connectivity index (χ0n) is 19.3. The fraction of sp³-hybridized carbons (Fsp3) is 0.619. The number of carbonyl (C=O) groups is 1. The highest BCUT2D eigenvalue weighted by Gasteiger charge is 2.24. The normalized spacial score (nSPS) is 12.0. The van der Waals surface area contributed by atoms with Gasteiger partial charge in [-0.15, -0.1) is 24.0 Å². The Labute approximate surface area is 193 Å². The Morgan fingerprint density at radius 2 is 1.76 bits per heavy atom. The number of nitrogens with one attached hydrogen (secondary N) is 3. The van der Waals surface area contributed by atoms with Crippen molar-refractivity contribution >= 4 is 41.7 Å². The summed E-state index contributed by atoms with van der Waals surface area (Å²) in [6.45, 7) is 12.6. The molecule has 1 rings (SSSR count). The highest BCUT2D eigenvalue weighted by Crippen LogP contribution is 2.20. The van der Waals surface area contributed by atoms with E-state index < -0.39 is 17.2 Å². The molecule has 0 aliphatic rings. The van der Waals surface area contributed by atoms with Gasteiger partial charge in [-0.25, -0.2) is 4.79 Å². The van der Waals surface area contributed by atoms with Crippen LogP contribution in [-0.2, 0) is 11.3 Å². The molecule has 0 bridgehead atoms. The molecule has 7 nitrogen and oxygen atoms in total. The number of anilines is 1. The first-order chi connectivity index (χ1) is 12.8. The summed E-state index contributed by atoms with van der Waals surface area (Å²) in [5.41, 5.74) is 2.56. The smallest absolute Gasteiger partial charge is 0.408 e. The van der Waals surface area contributed by atoms with Crippen molar-refractivity contribution in [3.63, 3.8) is 0 Å². The monoisotopic (exact) mass is 519 g/mol. The van der Waals surface area contributed by atoms with Crippen molar-refractivity contribution in [1.29, 1.82) is 0 Å². The second-order valence-corrected chi connectivity index (χ2v) is 8.82. The average Bonchev–Trinajstić information content (AvgIpc) is 2.53. The molecule has 0 aliphatic heterocycles. The molecule has 3 N–H and O–H groups in total. The summed E-state index contributed by atoms with van der Waals surface area (Å²) in [5.74, 6) is 0.671.